The van der Waals surface area contributed by atoms with E-state index < -0.39 is 6.04 Å². The normalized spacial score (nSPS) is 21.8. The summed E-state index contributed by atoms with van der Waals surface area (Å²) in [6.45, 7) is 0.684. The van der Waals surface area contributed by atoms with Crippen molar-refractivity contribution in [2.24, 2.45) is 12.8 Å². The molecule has 6 heteroatoms. The number of aryl methyl sites for hydroxylation is 1. The molecule has 6 nitrogen and oxygen atoms in total. The summed E-state index contributed by atoms with van der Waals surface area (Å²) in [5.41, 5.74) is 6.63. The number of carbonyl (C=O) groups is 1. The van der Waals surface area contributed by atoms with E-state index in [9.17, 15) is 9.90 Å². The molecule has 3 N–H and O–H groups in total. The van der Waals surface area contributed by atoms with Gasteiger partial charge in [-0.3, -0.25) is 9.48 Å². The Hall–Kier alpha value is -1.40. The van der Waals surface area contributed by atoms with Gasteiger partial charge >= 0.3 is 0 Å². The average Bonchev–Trinajstić information content (AvgIpc) is 2.95. The Labute approximate surface area is 100 Å². The lowest BCUT2D eigenvalue weighted by Gasteiger charge is -2.25. The van der Waals surface area contributed by atoms with Crippen molar-refractivity contribution in [3.05, 3.63) is 18.0 Å². The van der Waals surface area contributed by atoms with Gasteiger partial charge < -0.3 is 15.7 Å². The summed E-state index contributed by atoms with van der Waals surface area (Å²) >= 11 is 0. The first-order valence-electron chi connectivity index (χ1n) is 5.79. The van der Waals surface area contributed by atoms with Gasteiger partial charge in [0.2, 0.25) is 5.91 Å². The molecule has 0 saturated carbocycles. The van der Waals surface area contributed by atoms with Crippen LogP contribution < -0.4 is 5.73 Å². The Morgan fingerprint density at radius 1 is 1.76 bits per heavy atom. The van der Waals surface area contributed by atoms with Gasteiger partial charge in [-0.2, -0.15) is 5.10 Å². The van der Waals surface area contributed by atoms with Gasteiger partial charge in [-0.25, -0.2) is 0 Å². The second-order valence-electron chi connectivity index (χ2n) is 4.44. The first-order chi connectivity index (χ1) is 8.13. The maximum atomic E-state index is 12.2. The van der Waals surface area contributed by atoms with Crippen LogP contribution in [-0.2, 0) is 11.8 Å². The van der Waals surface area contributed by atoms with Crippen LogP contribution in [0.4, 0.5) is 0 Å². The molecule has 1 saturated heterocycles. The molecule has 2 rings (SSSR count). The van der Waals surface area contributed by atoms with Crippen LogP contribution in [0.5, 0.6) is 0 Å². The van der Waals surface area contributed by atoms with Gasteiger partial charge in [-0.05, 0) is 12.8 Å². The molecule has 0 aromatic carbocycles. The van der Waals surface area contributed by atoms with Crippen LogP contribution in [0.25, 0.3) is 0 Å². The first kappa shape index (κ1) is 12.1. The summed E-state index contributed by atoms with van der Waals surface area (Å²) in [7, 11) is 1.78. The Morgan fingerprint density at radius 2 is 2.53 bits per heavy atom. The van der Waals surface area contributed by atoms with Gasteiger partial charge in [-0.1, -0.05) is 0 Å². The SMILES string of the molecule is Cn1cc(C(N)C(=O)N2CCC[C@H]2CO)cn1. The number of carbonyl (C=O) groups excluding carboxylic acids is 1. The summed E-state index contributed by atoms with van der Waals surface area (Å²) in [6.07, 6.45) is 5.12. The van der Waals surface area contributed by atoms with Crippen LogP contribution in [0.1, 0.15) is 24.4 Å². The highest BCUT2D eigenvalue weighted by atomic mass is 16.3. The van der Waals surface area contributed by atoms with Crippen LogP contribution in [0.3, 0.4) is 0 Å². The minimum absolute atomic E-state index is 0.00546. The van der Waals surface area contributed by atoms with Gasteiger partial charge in [0.15, 0.2) is 0 Å². The van der Waals surface area contributed by atoms with Crippen molar-refractivity contribution in [1.29, 1.82) is 0 Å². The highest BCUT2D eigenvalue weighted by Crippen LogP contribution is 2.21. The molecule has 1 unspecified atom stereocenters. The molecule has 1 aliphatic rings. The molecule has 0 bridgehead atoms. The molecule has 0 radical (unpaired) electrons. The third kappa shape index (κ3) is 2.32. The highest BCUT2D eigenvalue weighted by Gasteiger charge is 2.32. The van der Waals surface area contributed by atoms with Crippen LogP contribution in [0.15, 0.2) is 12.4 Å². The van der Waals surface area contributed by atoms with E-state index in [1.54, 1.807) is 29.0 Å². The zero-order valence-electron chi connectivity index (χ0n) is 9.91. The van der Waals surface area contributed by atoms with E-state index >= 15 is 0 Å². The van der Waals surface area contributed by atoms with Crippen molar-refractivity contribution in [3.63, 3.8) is 0 Å². The number of aromatic nitrogens is 2. The fourth-order valence-corrected chi connectivity index (χ4v) is 2.24. The molecule has 94 valence electrons. The Kier molecular flexibility index (Phi) is 3.44. The van der Waals surface area contributed by atoms with E-state index in [2.05, 4.69) is 5.10 Å². The smallest absolute Gasteiger partial charge is 0.244 e. The lowest BCUT2D eigenvalue weighted by molar-refractivity contribution is -0.134. The predicted octanol–water partition coefficient (Wildman–Crippen LogP) is -0.597. The Morgan fingerprint density at radius 3 is 3.12 bits per heavy atom. The van der Waals surface area contributed by atoms with Crippen LogP contribution in [0, 0.1) is 0 Å². The minimum Gasteiger partial charge on any atom is -0.394 e. The summed E-state index contributed by atoms with van der Waals surface area (Å²) in [6, 6.07) is -0.763. The number of rotatable bonds is 3. The van der Waals surface area contributed by atoms with E-state index in [1.165, 1.54) is 0 Å². The van der Waals surface area contributed by atoms with Crippen molar-refractivity contribution >= 4 is 5.91 Å². The number of hydrogen-bond acceptors (Lipinski definition) is 4. The van der Waals surface area contributed by atoms with Gasteiger partial charge in [0, 0.05) is 25.4 Å². The third-order valence-corrected chi connectivity index (χ3v) is 3.22. The highest BCUT2D eigenvalue weighted by molar-refractivity contribution is 5.83. The largest absolute Gasteiger partial charge is 0.394 e. The van der Waals surface area contributed by atoms with Crippen molar-refractivity contribution < 1.29 is 9.90 Å². The van der Waals surface area contributed by atoms with Crippen LogP contribution >= 0.6 is 0 Å². The second-order valence-corrected chi connectivity index (χ2v) is 4.44. The third-order valence-electron chi connectivity index (χ3n) is 3.22. The fraction of sp³-hybridized carbons (Fsp3) is 0.636. The zero-order valence-corrected chi connectivity index (χ0v) is 9.91. The quantitative estimate of drug-likeness (QED) is 0.736. The fourth-order valence-electron chi connectivity index (χ4n) is 2.24. The molecular formula is C11H18N4O2. The van der Waals surface area contributed by atoms with Gasteiger partial charge in [-0.15, -0.1) is 0 Å². The van der Waals surface area contributed by atoms with Gasteiger partial charge in [0.05, 0.1) is 18.8 Å². The van der Waals surface area contributed by atoms with E-state index in [0.717, 1.165) is 12.8 Å². The molecule has 1 aromatic rings. The monoisotopic (exact) mass is 238 g/mol. The average molecular weight is 238 g/mol. The number of aliphatic hydroxyl groups is 1. The molecule has 0 spiro atoms. The molecule has 17 heavy (non-hydrogen) atoms. The van der Waals surface area contributed by atoms with Crippen molar-refractivity contribution in [1.82, 2.24) is 14.7 Å². The van der Waals surface area contributed by atoms with Crippen molar-refractivity contribution in [2.45, 2.75) is 24.9 Å². The minimum atomic E-state index is -0.684. The Balaban J connectivity index is 2.09. The number of likely N-dealkylation sites (tertiary alicyclic amines) is 1. The second kappa shape index (κ2) is 4.85. The van der Waals surface area contributed by atoms with E-state index in [0.29, 0.717) is 12.1 Å². The zero-order chi connectivity index (χ0) is 12.4. The molecule has 2 heterocycles. The van der Waals surface area contributed by atoms with Crippen molar-refractivity contribution in [3.8, 4) is 0 Å². The van der Waals surface area contributed by atoms with E-state index in [-0.39, 0.29) is 18.6 Å². The maximum absolute atomic E-state index is 12.2. The van der Waals surface area contributed by atoms with Crippen LogP contribution in [0.2, 0.25) is 0 Å². The summed E-state index contributed by atoms with van der Waals surface area (Å²) in [5, 5.41) is 13.2. The summed E-state index contributed by atoms with van der Waals surface area (Å²) in [4.78, 5) is 13.9. The molecule has 1 fully saturated rings. The molecule has 1 amide bonds. The number of amides is 1. The van der Waals surface area contributed by atoms with E-state index in [4.69, 9.17) is 5.73 Å². The first-order valence-corrected chi connectivity index (χ1v) is 5.79. The van der Waals surface area contributed by atoms with E-state index in [1.807, 2.05) is 0 Å². The Bertz CT molecular complexity index is 404. The van der Waals surface area contributed by atoms with Gasteiger partial charge in [0.25, 0.3) is 0 Å². The van der Waals surface area contributed by atoms with Crippen LogP contribution in [-0.4, -0.2) is 44.9 Å². The lowest BCUT2D eigenvalue weighted by atomic mass is 10.1. The number of aliphatic hydroxyl groups excluding tert-OH is 1. The summed E-state index contributed by atoms with van der Waals surface area (Å²) in [5.74, 6) is -0.130. The van der Waals surface area contributed by atoms with Crippen molar-refractivity contribution in [2.75, 3.05) is 13.2 Å². The number of hydrogen-bond donors (Lipinski definition) is 2. The predicted molar refractivity (Wildman–Crippen MR) is 62.0 cm³/mol. The summed E-state index contributed by atoms with van der Waals surface area (Å²) < 4.78 is 1.62. The topological polar surface area (TPSA) is 84.4 Å². The molecule has 0 aliphatic carbocycles. The molecule has 1 aliphatic heterocycles. The standard InChI is InChI=1S/C11H18N4O2/c1-14-6-8(5-13-14)10(12)11(17)15-4-2-3-9(15)7-16/h5-6,9-10,16H,2-4,7,12H2,1H3/t9-,10?/m0/s1. The molecule has 2 atom stereocenters. The molecular weight excluding hydrogens is 220 g/mol. The molecule has 1 aromatic heterocycles. The van der Waals surface area contributed by atoms with Gasteiger partial charge in [0.1, 0.15) is 6.04 Å². The number of nitrogens with two attached hydrogens (primary N) is 1. The number of nitrogens with zero attached hydrogens (tertiary/aromatic N) is 3. The lowest BCUT2D eigenvalue weighted by Crippen LogP contribution is -2.42. The maximum Gasteiger partial charge on any atom is 0.244 e.